The predicted octanol–water partition coefficient (Wildman–Crippen LogP) is 4.01. The highest BCUT2D eigenvalue weighted by molar-refractivity contribution is 5.95. The van der Waals surface area contributed by atoms with Gasteiger partial charge in [0.2, 0.25) is 5.91 Å². The van der Waals surface area contributed by atoms with Crippen molar-refractivity contribution < 1.29 is 9.53 Å². The van der Waals surface area contributed by atoms with Crippen molar-refractivity contribution in [3.05, 3.63) is 59.7 Å². The van der Waals surface area contributed by atoms with E-state index in [-0.39, 0.29) is 5.91 Å². The fourth-order valence-electron chi connectivity index (χ4n) is 2.73. The molecule has 0 unspecified atom stereocenters. The molecule has 0 saturated heterocycles. The number of amides is 1. The van der Waals surface area contributed by atoms with E-state index >= 15 is 0 Å². The van der Waals surface area contributed by atoms with Gasteiger partial charge in [0.15, 0.2) is 0 Å². The number of carbonyl (C=O) groups excluding carboxylic acids is 1. The van der Waals surface area contributed by atoms with Gasteiger partial charge in [-0.1, -0.05) is 51.1 Å². The van der Waals surface area contributed by atoms with E-state index in [1.807, 2.05) is 56.3 Å². The molecular weight excluding hydrogens is 312 g/mol. The fourth-order valence-corrected chi connectivity index (χ4v) is 2.73. The van der Waals surface area contributed by atoms with Crippen molar-refractivity contribution in [2.45, 2.75) is 33.7 Å². The van der Waals surface area contributed by atoms with Gasteiger partial charge in [-0.15, -0.1) is 0 Å². The quantitative estimate of drug-likeness (QED) is 0.763. The lowest BCUT2D eigenvalue weighted by atomic mass is 9.84. The van der Waals surface area contributed by atoms with Crippen molar-refractivity contribution in [3.63, 3.8) is 0 Å². The number of ether oxygens (including phenoxy) is 1. The molecule has 4 heteroatoms. The van der Waals surface area contributed by atoms with E-state index in [4.69, 9.17) is 4.74 Å². The molecule has 0 aliphatic carbocycles. The first-order valence-electron chi connectivity index (χ1n) is 8.69. The molecule has 0 atom stereocenters. The predicted molar refractivity (Wildman–Crippen MR) is 103 cm³/mol. The minimum absolute atomic E-state index is 0.000920. The lowest BCUT2D eigenvalue weighted by Crippen LogP contribution is -2.33. The number of carbonyl (C=O) groups is 1. The summed E-state index contributed by atoms with van der Waals surface area (Å²) in [6.07, 6.45) is 0.611. The summed E-state index contributed by atoms with van der Waals surface area (Å²) in [4.78, 5) is 12.8. The number of hydrogen-bond acceptors (Lipinski definition) is 3. The van der Waals surface area contributed by atoms with Crippen LogP contribution in [0.15, 0.2) is 48.5 Å². The SMILES string of the molecule is CCNCc1cccc(NC(=O)C(C)(C)Cc2ccccc2OC)c1. The molecule has 2 aromatic rings. The zero-order chi connectivity index (χ0) is 18.3. The highest BCUT2D eigenvalue weighted by Gasteiger charge is 2.29. The number of nitrogens with one attached hydrogen (secondary N) is 2. The summed E-state index contributed by atoms with van der Waals surface area (Å²) in [7, 11) is 1.65. The molecule has 1 amide bonds. The average molecular weight is 340 g/mol. The molecule has 4 nitrogen and oxygen atoms in total. The van der Waals surface area contributed by atoms with Crippen LogP contribution < -0.4 is 15.4 Å². The van der Waals surface area contributed by atoms with Gasteiger partial charge in [0.25, 0.3) is 0 Å². The van der Waals surface area contributed by atoms with Gasteiger partial charge in [0.1, 0.15) is 5.75 Å². The van der Waals surface area contributed by atoms with Crippen LogP contribution in [0.25, 0.3) is 0 Å². The Hall–Kier alpha value is -2.33. The maximum Gasteiger partial charge on any atom is 0.230 e. The third-order valence-corrected chi connectivity index (χ3v) is 4.20. The summed E-state index contributed by atoms with van der Waals surface area (Å²) in [5, 5.41) is 6.34. The van der Waals surface area contributed by atoms with Crippen LogP contribution in [0.3, 0.4) is 0 Å². The topological polar surface area (TPSA) is 50.4 Å². The normalized spacial score (nSPS) is 11.2. The van der Waals surface area contributed by atoms with Crippen LogP contribution >= 0.6 is 0 Å². The average Bonchev–Trinajstić information content (AvgIpc) is 2.60. The second kappa shape index (κ2) is 8.67. The summed E-state index contributed by atoms with van der Waals surface area (Å²) < 4.78 is 5.40. The van der Waals surface area contributed by atoms with E-state index in [1.54, 1.807) is 7.11 Å². The van der Waals surface area contributed by atoms with Gasteiger partial charge in [-0.05, 0) is 42.3 Å². The summed E-state index contributed by atoms with van der Waals surface area (Å²) in [6, 6.07) is 15.8. The summed E-state index contributed by atoms with van der Waals surface area (Å²) in [6.45, 7) is 7.70. The Morgan fingerprint density at radius 1 is 1.12 bits per heavy atom. The van der Waals surface area contributed by atoms with Crippen molar-refractivity contribution in [2.75, 3.05) is 19.0 Å². The third kappa shape index (κ3) is 5.33. The maximum atomic E-state index is 12.8. The van der Waals surface area contributed by atoms with Crippen LogP contribution in [0.5, 0.6) is 5.75 Å². The molecule has 0 heterocycles. The smallest absolute Gasteiger partial charge is 0.230 e. The number of benzene rings is 2. The molecule has 2 aromatic carbocycles. The lowest BCUT2D eigenvalue weighted by Gasteiger charge is -2.24. The number of para-hydroxylation sites is 1. The molecule has 2 rings (SSSR count). The maximum absolute atomic E-state index is 12.8. The zero-order valence-corrected chi connectivity index (χ0v) is 15.6. The number of methoxy groups -OCH3 is 1. The summed E-state index contributed by atoms with van der Waals surface area (Å²) in [5.74, 6) is 0.815. The second-order valence-corrected chi connectivity index (χ2v) is 6.81. The Balaban J connectivity index is 2.08. The van der Waals surface area contributed by atoms with Crippen molar-refractivity contribution in [1.29, 1.82) is 0 Å². The standard InChI is InChI=1S/C21H28N2O2/c1-5-22-15-16-9-8-11-18(13-16)23-20(24)21(2,3)14-17-10-6-7-12-19(17)25-4/h6-13,22H,5,14-15H2,1-4H3,(H,23,24). The van der Waals surface area contributed by atoms with Gasteiger partial charge in [-0.2, -0.15) is 0 Å². The molecule has 0 radical (unpaired) electrons. The summed E-state index contributed by atoms with van der Waals surface area (Å²) >= 11 is 0. The van der Waals surface area contributed by atoms with Gasteiger partial charge in [0, 0.05) is 17.6 Å². The van der Waals surface area contributed by atoms with Crippen molar-refractivity contribution in [3.8, 4) is 5.75 Å². The van der Waals surface area contributed by atoms with Crippen LogP contribution in [0.4, 0.5) is 5.69 Å². The third-order valence-electron chi connectivity index (χ3n) is 4.20. The first kappa shape index (κ1) is 19.0. The number of rotatable bonds is 8. The van der Waals surface area contributed by atoms with Crippen molar-refractivity contribution >= 4 is 11.6 Å². The molecule has 0 saturated carbocycles. The van der Waals surface area contributed by atoms with Crippen LogP contribution in [0, 0.1) is 5.41 Å². The fraction of sp³-hybridized carbons (Fsp3) is 0.381. The van der Waals surface area contributed by atoms with E-state index < -0.39 is 5.41 Å². The molecule has 0 aromatic heterocycles. The number of hydrogen-bond donors (Lipinski definition) is 2. The van der Waals surface area contributed by atoms with Crippen LogP contribution in [0.2, 0.25) is 0 Å². The molecule has 0 spiro atoms. The number of anilines is 1. The molecule has 0 aliphatic rings. The van der Waals surface area contributed by atoms with Gasteiger partial charge in [0.05, 0.1) is 7.11 Å². The Bertz CT molecular complexity index is 711. The molecule has 25 heavy (non-hydrogen) atoms. The van der Waals surface area contributed by atoms with Crippen LogP contribution in [-0.2, 0) is 17.8 Å². The first-order valence-corrected chi connectivity index (χ1v) is 8.69. The Kier molecular flexibility index (Phi) is 6.59. The minimum atomic E-state index is -0.549. The first-order chi connectivity index (χ1) is 12.0. The van der Waals surface area contributed by atoms with E-state index in [0.29, 0.717) is 6.42 Å². The largest absolute Gasteiger partial charge is 0.496 e. The van der Waals surface area contributed by atoms with Gasteiger partial charge < -0.3 is 15.4 Å². The van der Waals surface area contributed by atoms with Crippen LogP contribution in [0.1, 0.15) is 31.9 Å². The molecule has 0 aliphatic heterocycles. The Labute approximate surface area is 150 Å². The molecule has 0 fully saturated rings. The zero-order valence-electron chi connectivity index (χ0n) is 15.6. The molecular formula is C21H28N2O2. The van der Waals surface area contributed by atoms with E-state index in [0.717, 1.165) is 35.7 Å². The van der Waals surface area contributed by atoms with E-state index in [9.17, 15) is 4.79 Å². The van der Waals surface area contributed by atoms with Crippen molar-refractivity contribution in [1.82, 2.24) is 5.32 Å². The lowest BCUT2D eigenvalue weighted by molar-refractivity contribution is -0.123. The van der Waals surface area contributed by atoms with Gasteiger partial charge >= 0.3 is 0 Å². The highest BCUT2D eigenvalue weighted by Crippen LogP contribution is 2.29. The van der Waals surface area contributed by atoms with E-state index in [1.165, 1.54) is 0 Å². The van der Waals surface area contributed by atoms with Gasteiger partial charge in [-0.3, -0.25) is 4.79 Å². The van der Waals surface area contributed by atoms with Gasteiger partial charge in [-0.25, -0.2) is 0 Å². The second-order valence-electron chi connectivity index (χ2n) is 6.81. The summed E-state index contributed by atoms with van der Waals surface area (Å²) in [5.41, 5.74) is 2.47. The minimum Gasteiger partial charge on any atom is -0.496 e. The Morgan fingerprint density at radius 3 is 2.60 bits per heavy atom. The molecule has 134 valence electrons. The van der Waals surface area contributed by atoms with Crippen LogP contribution in [-0.4, -0.2) is 19.6 Å². The Morgan fingerprint density at radius 2 is 1.88 bits per heavy atom. The highest BCUT2D eigenvalue weighted by atomic mass is 16.5. The monoisotopic (exact) mass is 340 g/mol. The van der Waals surface area contributed by atoms with E-state index in [2.05, 4.69) is 23.6 Å². The molecule has 0 bridgehead atoms. The van der Waals surface area contributed by atoms with Crippen molar-refractivity contribution in [2.24, 2.45) is 5.41 Å². The molecule has 2 N–H and O–H groups in total.